The number of hydrazine groups is 1. The van der Waals surface area contributed by atoms with Crippen molar-refractivity contribution in [1.29, 1.82) is 0 Å². The van der Waals surface area contributed by atoms with Crippen LogP contribution in [-0.4, -0.2) is 6.04 Å². The molecule has 0 spiro atoms. The van der Waals surface area contributed by atoms with E-state index >= 15 is 0 Å². The Bertz CT molecular complexity index is 441. The van der Waals surface area contributed by atoms with Gasteiger partial charge in [-0.3, -0.25) is 11.3 Å². The lowest BCUT2D eigenvalue weighted by molar-refractivity contribution is 0.170. The van der Waals surface area contributed by atoms with Gasteiger partial charge >= 0.3 is 0 Å². The zero-order chi connectivity index (χ0) is 14.7. The van der Waals surface area contributed by atoms with Crippen molar-refractivity contribution in [2.75, 3.05) is 0 Å². The van der Waals surface area contributed by atoms with Crippen molar-refractivity contribution in [3.05, 3.63) is 34.9 Å². The molecule has 0 radical (unpaired) electrons. The minimum absolute atomic E-state index is 0.408. The molecule has 1 aromatic carbocycles. The van der Waals surface area contributed by atoms with Gasteiger partial charge in [0.15, 0.2) is 0 Å². The van der Waals surface area contributed by atoms with E-state index in [2.05, 4.69) is 51.3 Å². The third-order valence-corrected chi connectivity index (χ3v) is 5.37. The second-order valence-electron chi connectivity index (χ2n) is 6.93. The molecule has 0 heterocycles. The van der Waals surface area contributed by atoms with Crippen LogP contribution in [0.2, 0.25) is 0 Å². The average molecular weight is 274 g/mol. The molecule has 0 bridgehead atoms. The fourth-order valence-electron chi connectivity index (χ4n) is 3.57. The first kappa shape index (κ1) is 15.5. The lowest BCUT2D eigenvalue weighted by Gasteiger charge is -2.36. The molecular formula is C18H30N2. The summed E-state index contributed by atoms with van der Waals surface area (Å²) in [5.41, 5.74) is 7.27. The van der Waals surface area contributed by atoms with Crippen molar-refractivity contribution >= 4 is 0 Å². The number of hydrogen-bond donors (Lipinski definition) is 2. The maximum atomic E-state index is 5.87. The number of rotatable bonds is 4. The number of aryl methyl sites for hydroxylation is 2. The van der Waals surface area contributed by atoms with Gasteiger partial charge in [0.05, 0.1) is 0 Å². The Morgan fingerprint density at radius 3 is 2.60 bits per heavy atom. The summed E-state index contributed by atoms with van der Waals surface area (Å²) in [5, 5.41) is 0. The molecule has 2 nitrogen and oxygen atoms in total. The highest BCUT2D eigenvalue weighted by Crippen LogP contribution is 2.35. The molecule has 0 amide bonds. The lowest BCUT2D eigenvalue weighted by Crippen LogP contribution is -2.44. The van der Waals surface area contributed by atoms with Crippen molar-refractivity contribution in [2.45, 2.75) is 59.4 Å². The van der Waals surface area contributed by atoms with Crippen LogP contribution in [0.5, 0.6) is 0 Å². The standard InChI is InChI=1S/C18H30N2/c1-12-5-6-14(3)17(9-12)11-18(20-19)16-8-7-13(2)15(4)10-16/h5-6,9,13,15-16,18,20H,7-8,10-11,19H2,1-4H3. The normalized spacial score (nSPS) is 28.4. The predicted octanol–water partition coefficient (Wildman–Crippen LogP) is 3.75. The second-order valence-corrected chi connectivity index (χ2v) is 6.93. The molecule has 4 atom stereocenters. The molecule has 1 aliphatic carbocycles. The van der Waals surface area contributed by atoms with Gasteiger partial charge in [0.25, 0.3) is 0 Å². The van der Waals surface area contributed by atoms with Gasteiger partial charge < -0.3 is 0 Å². The van der Waals surface area contributed by atoms with E-state index < -0.39 is 0 Å². The Morgan fingerprint density at radius 2 is 1.95 bits per heavy atom. The summed E-state index contributed by atoms with van der Waals surface area (Å²) in [4.78, 5) is 0. The van der Waals surface area contributed by atoms with Crippen LogP contribution in [0.1, 0.15) is 49.8 Å². The molecule has 2 heteroatoms. The highest BCUT2D eigenvalue weighted by Gasteiger charge is 2.29. The van der Waals surface area contributed by atoms with E-state index in [1.807, 2.05) is 0 Å². The quantitative estimate of drug-likeness (QED) is 0.648. The molecule has 0 aromatic heterocycles. The van der Waals surface area contributed by atoms with Crippen LogP contribution >= 0.6 is 0 Å². The van der Waals surface area contributed by atoms with Crippen LogP contribution < -0.4 is 11.3 Å². The Morgan fingerprint density at radius 1 is 1.20 bits per heavy atom. The number of hydrogen-bond acceptors (Lipinski definition) is 2. The Kier molecular flexibility index (Phi) is 5.22. The monoisotopic (exact) mass is 274 g/mol. The smallest absolute Gasteiger partial charge is 0.0279 e. The van der Waals surface area contributed by atoms with E-state index in [0.717, 1.165) is 18.3 Å². The Hall–Kier alpha value is -0.860. The van der Waals surface area contributed by atoms with Gasteiger partial charge in [-0.1, -0.05) is 44.0 Å². The summed E-state index contributed by atoms with van der Waals surface area (Å²) >= 11 is 0. The van der Waals surface area contributed by atoms with Crippen LogP contribution in [-0.2, 0) is 6.42 Å². The molecule has 1 aliphatic rings. The number of nitrogens with one attached hydrogen (secondary N) is 1. The number of nitrogens with two attached hydrogens (primary N) is 1. The lowest BCUT2D eigenvalue weighted by atomic mass is 9.72. The minimum atomic E-state index is 0.408. The molecular weight excluding hydrogens is 244 g/mol. The zero-order valence-electron chi connectivity index (χ0n) is 13.4. The summed E-state index contributed by atoms with van der Waals surface area (Å²) in [6.07, 6.45) is 5.01. The highest BCUT2D eigenvalue weighted by molar-refractivity contribution is 5.31. The predicted molar refractivity (Wildman–Crippen MR) is 86.4 cm³/mol. The first-order valence-electron chi connectivity index (χ1n) is 8.03. The van der Waals surface area contributed by atoms with E-state index in [0.29, 0.717) is 12.0 Å². The van der Waals surface area contributed by atoms with Gasteiger partial charge in [-0.2, -0.15) is 0 Å². The van der Waals surface area contributed by atoms with Crippen LogP contribution in [0.4, 0.5) is 0 Å². The van der Waals surface area contributed by atoms with Crippen LogP contribution in [0, 0.1) is 31.6 Å². The van der Waals surface area contributed by atoms with Gasteiger partial charge in [0, 0.05) is 6.04 Å². The first-order chi connectivity index (χ1) is 9.51. The summed E-state index contributed by atoms with van der Waals surface area (Å²) in [6.45, 7) is 9.14. The third-order valence-electron chi connectivity index (χ3n) is 5.37. The topological polar surface area (TPSA) is 38.0 Å². The molecule has 20 heavy (non-hydrogen) atoms. The fourth-order valence-corrected chi connectivity index (χ4v) is 3.57. The molecule has 112 valence electrons. The maximum Gasteiger partial charge on any atom is 0.0279 e. The number of benzene rings is 1. The summed E-state index contributed by atoms with van der Waals surface area (Å²) in [7, 11) is 0. The summed E-state index contributed by atoms with van der Waals surface area (Å²) in [6, 6.07) is 7.14. The largest absolute Gasteiger partial charge is 0.271 e. The van der Waals surface area contributed by atoms with Crippen molar-refractivity contribution in [2.24, 2.45) is 23.6 Å². The second kappa shape index (κ2) is 6.73. The average Bonchev–Trinajstić information content (AvgIpc) is 2.43. The SMILES string of the molecule is Cc1ccc(C)c(CC(NN)C2CCC(C)C(C)C2)c1. The van der Waals surface area contributed by atoms with Gasteiger partial charge in [-0.25, -0.2) is 0 Å². The third kappa shape index (κ3) is 3.62. The van der Waals surface area contributed by atoms with E-state index in [9.17, 15) is 0 Å². The Labute approximate surface area is 124 Å². The van der Waals surface area contributed by atoms with Gasteiger partial charge in [-0.05, 0) is 62.0 Å². The van der Waals surface area contributed by atoms with Crippen LogP contribution in [0.3, 0.4) is 0 Å². The molecule has 1 aromatic rings. The van der Waals surface area contributed by atoms with E-state index in [1.165, 1.54) is 36.0 Å². The van der Waals surface area contributed by atoms with Crippen molar-refractivity contribution in [3.63, 3.8) is 0 Å². The van der Waals surface area contributed by atoms with Crippen LogP contribution in [0.15, 0.2) is 18.2 Å². The fraction of sp³-hybridized carbons (Fsp3) is 0.667. The van der Waals surface area contributed by atoms with E-state index in [4.69, 9.17) is 5.84 Å². The Balaban J connectivity index is 2.07. The molecule has 0 saturated heterocycles. The molecule has 1 saturated carbocycles. The molecule has 3 N–H and O–H groups in total. The molecule has 1 fully saturated rings. The minimum Gasteiger partial charge on any atom is -0.271 e. The molecule has 2 rings (SSSR count). The van der Waals surface area contributed by atoms with Crippen molar-refractivity contribution in [3.8, 4) is 0 Å². The summed E-state index contributed by atoms with van der Waals surface area (Å²) < 4.78 is 0. The van der Waals surface area contributed by atoms with Gasteiger partial charge in [0.2, 0.25) is 0 Å². The van der Waals surface area contributed by atoms with E-state index in [-0.39, 0.29) is 0 Å². The molecule has 0 aliphatic heterocycles. The van der Waals surface area contributed by atoms with E-state index in [1.54, 1.807) is 0 Å². The van der Waals surface area contributed by atoms with Crippen LogP contribution in [0.25, 0.3) is 0 Å². The van der Waals surface area contributed by atoms with Crippen molar-refractivity contribution in [1.82, 2.24) is 5.43 Å². The van der Waals surface area contributed by atoms with Gasteiger partial charge in [0.1, 0.15) is 0 Å². The van der Waals surface area contributed by atoms with Crippen molar-refractivity contribution < 1.29 is 0 Å². The van der Waals surface area contributed by atoms with Gasteiger partial charge in [-0.15, -0.1) is 0 Å². The maximum absolute atomic E-state index is 5.87. The zero-order valence-corrected chi connectivity index (χ0v) is 13.4. The highest BCUT2D eigenvalue weighted by atomic mass is 15.2. The molecule has 4 unspecified atom stereocenters. The summed E-state index contributed by atoms with van der Waals surface area (Å²) in [5.74, 6) is 8.27. The first-order valence-corrected chi connectivity index (χ1v) is 8.03.